The molecule has 2 rings (SSSR count). The molecule has 1 aromatic heterocycles. The highest BCUT2D eigenvalue weighted by molar-refractivity contribution is 5.40. The van der Waals surface area contributed by atoms with Crippen LogP contribution < -0.4 is 5.73 Å². The quantitative estimate of drug-likeness (QED) is 0.910. The van der Waals surface area contributed by atoms with Gasteiger partial charge in [-0.15, -0.1) is 0 Å². The van der Waals surface area contributed by atoms with E-state index in [0.717, 1.165) is 29.1 Å². The molecule has 6 heteroatoms. The first kappa shape index (κ1) is 13.6. The minimum Gasteiger partial charge on any atom is -0.326 e. The van der Waals surface area contributed by atoms with Crippen LogP contribution in [0.5, 0.6) is 0 Å². The standard InChI is InChI=1S/C13H14F3N3/c1-8-12(7-17)9(2)19(18-8)11-5-3-4-10(6-11)13(14,15)16/h3-6H,7,17H2,1-2H3. The van der Waals surface area contributed by atoms with Crippen molar-refractivity contribution in [1.82, 2.24) is 9.78 Å². The molecule has 0 bridgehead atoms. The molecule has 0 fully saturated rings. The number of benzene rings is 1. The van der Waals surface area contributed by atoms with Crippen LogP contribution in [0.2, 0.25) is 0 Å². The summed E-state index contributed by atoms with van der Waals surface area (Å²) in [4.78, 5) is 0. The van der Waals surface area contributed by atoms with Crippen LogP contribution in [0, 0.1) is 13.8 Å². The predicted molar refractivity (Wildman–Crippen MR) is 65.9 cm³/mol. The molecule has 0 aliphatic heterocycles. The number of rotatable bonds is 2. The second-order valence-electron chi connectivity index (χ2n) is 4.31. The van der Waals surface area contributed by atoms with Gasteiger partial charge in [0, 0.05) is 17.8 Å². The van der Waals surface area contributed by atoms with Crippen molar-refractivity contribution in [2.24, 2.45) is 5.73 Å². The van der Waals surface area contributed by atoms with E-state index in [9.17, 15) is 13.2 Å². The molecule has 0 saturated carbocycles. The lowest BCUT2D eigenvalue weighted by molar-refractivity contribution is -0.137. The Balaban J connectivity index is 2.54. The molecule has 0 radical (unpaired) electrons. The molecule has 0 unspecified atom stereocenters. The summed E-state index contributed by atoms with van der Waals surface area (Å²) < 4.78 is 39.5. The summed E-state index contributed by atoms with van der Waals surface area (Å²) in [5, 5.41) is 4.24. The van der Waals surface area contributed by atoms with Crippen LogP contribution in [0.25, 0.3) is 5.69 Å². The van der Waals surface area contributed by atoms with E-state index in [2.05, 4.69) is 5.10 Å². The highest BCUT2D eigenvalue weighted by Crippen LogP contribution is 2.30. The van der Waals surface area contributed by atoms with Gasteiger partial charge in [-0.1, -0.05) is 6.07 Å². The molecule has 0 amide bonds. The lowest BCUT2D eigenvalue weighted by Gasteiger charge is -2.10. The first-order valence-corrected chi connectivity index (χ1v) is 5.77. The molecule has 0 spiro atoms. The van der Waals surface area contributed by atoms with Crippen LogP contribution in [0.15, 0.2) is 24.3 Å². The second kappa shape index (κ2) is 4.70. The topological polar surface area (TPSA) is 43.8 Å². The average molecular weight is 269 g/mol. The molecule has 0 atom stereocenters. The number of alkyl halides is 3. The molecule has 2 N–H and O–H groups in total. The zero-order valence-corrected chi connectivity index (χ0v) is 10.6. The van der Waals surface area contributed by atoms with E-state index in [0.29, 0.717) is 12.2 Å². The van der Waals surface area contributed by atoms with Gasteiger partial charge in [0.2, 0.25) is 0 Å². The Labute approximate surface area is 108 Å². The Morgan fingerprint density at radius 3 is 2.47 bits per heavy atom. The summed E-state index contributed by atoms with van der Waals surface area (Å²) in [6, 6.07) is 5.09. The predicted octanol–water partition coefficient (Wildman–Crippen LogP) is 2.97. The minimum atomic E-state index is -4.36. The van der Waals surface area contributed by atoms with Gasteiger partial charge in [-0.25, -0.2) is 4.68 Å². The number of aryl methyl sites for hydroxylation is 1. The van der Waals surface area contributed by atoms with E-state index in [4.69, 9.17) is 5.73 Å². The van der Waals surface area contributed by atoms with E-state index in [1.807, 2.05) is 0 Å². The number of halogens is 3. The van der Waals surface area contributed by atoms with E-state index in [1.54, 1.807) is 19.9 Å². The minimum absolute atomic E-state index is 0.316. The molecule has 0 saturated heterocycles. The highest BCUT2D eigenvalue weighted by Gasteiger charge is 2.30. The third-order valence-corrected chi connectivity index (χ3v) is 3.06. The molecular weight excluding hydrogens is 255 g/mol. The zero-order chi connectivity index (χ0) is 14.2. The van der Waals surface area contributed by atoms with Gasteiger partial charge < -0.3 is 5.73 Å². The van der Waals surface area contributed by atoms with Crippen LogP contribution in [-0.2, 0) is 12.7 Å². The lowest BCUT2D eigenvalue weighted by Crippen LogP contribution is -2.07. The first-order valence-electron chi connectivity index (χ1n) is 5.77. The van der Waals surface area contributed by atoms with Crippen molar-refractivity contribution in [2.45, 2.75) is 26.6 Å². The number of nitrogens with two attached hydrogens (primary N) is 1. The van der Waals surface area contributed by atoms with Crippen molar-refractivity contribution >= 4 is 0 Å². The fourth-order valence-corrected chi connectivity index (χ4v) is 2.04. The van der Waals surface area contributed by atoms with Crippen LogP contribution in [0.1, 0.15) is 22.5 Å². The molecule has 1 heterocycles. The Morgan fingerprint density at radius 1 is 1.26 bits per heavy atom. The summed E-state index contributed by atoms with van der Waals surface area (Å²) in [5.41, 5.74) is 7.66. The van der Waals surface area contributed by atoms with E-state index >= 15 is 0 Å². The Hall–Kier alpha value is -1.82. The van der Waals surface area contributed by atoms with Gasteiger partial charge in [-0.3, -0.25) is 0 Å². The van der Waals surface area contributed by atoms with Gasteiger partial charge >= 0.3 is 6.18 Å². The smallest absolute Gasteiger partial charge is 0.326 e. The van der Waals surface area contributed by atoms with Gasteiger partial charge in [0.1, 0.15) is 0 Å². The molecule has 0 aliphatic rings. The van der Waals surface area contributed by atoms with Crippen molar-refractivity contribution in [1.29, 1.82) is 0 Å². The molecule has 1 aromatic carbocycles. The van der Waals surface area contributed by atoms with Gasteiger partial charge in [0.15, 0.2) is 0 Å². The third-order valence-electron chi connectivity index (χ3n) is 3.06. The number of aromatic nitrogens is 2. The third kappa shape index (κ3) is 2.49. The fraction of sp³-hybridized carbons (Fsp3) is 0.308. The van der Waals surface area contributed by atoms with Gasteiger partial charge in [0.05, 0.1) is 16.9 Å². The Morgan fingerprint density at radius 2 is 1.95 bits per heavy atom. The largest absolute Gasteiger partial charge is 0.416 e. The maximum absolute atomic E-state index is 12.7. The van der Waals surface area contributed by atoms with E-state index in [1.165, 1.54) is 10.7 Å². The van der Waals surface area contributed by atoms with Gasteiger partial charge in [-0.2, -0.15) is 18.3 Å². The molecule has 102 valence electrons. The lowest BCUT2D eigenvalue weighted by atomic mass is 10.2. The van der Waals surface area contributed by atoms with Gasteiger partial charge in [0.25, 0.3) is 0 Å². The number of hydrogen-bond donors (Lipinski definition) is 1. The van der Waals surface area contributed by atoms with Crippen molar-refractivity contribution < 1.29 is 13.2 Å². The zero-order valence-electron chi connectivity index (χ0n) is 10.6. The molecule has 0 aliphatic carbocycles. The van der Waals surface area contributed by atoms with Crippen molar-refractivity contribution in [3.63, 3.8) is 0 Å². The van der Waals surface area contributed by atoms with Crippen molar-refractivity contribution in [3.8, 4) is 5.69 Å². The first-order chi connectivity index (χ1) is 8.84. The van der Waals surface area contributed by atoms with Gasteiger partial charge in [-0.05, 0) is 32.0 Å². The van der Waals surface area contributed by atoms with Crippen molar-refractivity contribution in [3.05, 3.63) is 46.8 Å². The van der Waals surface area contributed by atoms with Crippen LogP contribution in [0.4, 0.5) is 13.2 Å². The second-order valence-corrected chi connectivity index (χ2v) is 4.31. The Kier molecular flexibility index (Phi) is 3.36. The highest BCUT2D eigenvalue weighted by atomic mass is 19.4. The van der Waals surface area contributed by atoms with Crippen LogP contribution >= 0.6 is 0 Å². The van der Waals surface area contributed by atoms with E-state index < -0.39 is 11.7 Å². The average Bonchev–Trinajstić information content (AvgIpc) is 2.63. The summed E-state index contributed by atoms with van der Waals surface area (Å²) in [6.45, 7) is 3.90. The van der Waals surface area contributed by atoms with Crippen LogP contribution in [-0.4, -0.2) is 9.78 Å². The molecule has 3 nitrogen and oxygen atoms in total. The summed E-state index contributed by atoms with van der Waals surface area (Å²) in [7, 11) is 0. The summed E-state index contributed by atoms with van der Waals surface area (Å²) in [5.74, 6) is 0. The van der Waals surface area contributed by atoms with Crippen molar-refractivity contribution in [2.75, 3.05) is 0 Å². The monoisotopic (exact) mass is 269 g/mol. The molecule has 2 aromatic rings. The molecular formula is C13H14F3N3. The summed E-state index contributed by atoms with van der Waals surface area (Å²) in [6.07, 6.45) is -4.36. The number of nitrogens with zero attached hydrogens (tertiary/aromatic N) is 2. The fourth-order valence-electron chi connectivity index (χ4n) is 2.04. The SMILES string of the molecule is Cc1nn(-c2cccc(C(F)(F)F)c2)c(C)c1CN. The normalized spacial score (nSPS) is 11.9. The number of hydrogen-bond acceptors (Lipinski definition) is 2. The summed E-state index contributed by atoms with van der Waals surface area (Å²) >= 11 is 0. The van der Waals surface area contributed by atoms with E-state index in [-0.39, 0.29) is 0 Å². The molecule has 19 heavy (non-hydrogen) atoms. The maximum atomic E-state index is 12.7. The van der Waals surface area contributed by atoms with Crippen LogP contribution in [0.3, 0.4) is 0 Å². The Bertz CT molecular complexity index is 600. The maximum Gasteiger partial charge on any atom is 0.416 e.